The van der Waals surface area contributed by atoms with Gasteiger partial charge in [0.1, 0.15) is 0 Å². The molecule has 4 heteroatoms. The summed E-state index contributed by atoms with van der Waals surface area (Å²) in [6.45, 7) is 19.1. The Balaban J connectivity index is -0.000000214. The molecule has 1 amide bonds. The first-order chi connectivity index (χ1) is 6.89. The van der Waals surface area contributed by atoms with Crippen molar-refractivity contribution in [2.24, 2.45) is 5.73 Å². The van der Waals surface area contributed by atoms with Gasteiger partial charge in [0, 0.05) is 5.57 Å². The van der Waals surface area contributed by atoms with Gasteiger partial charge in [-0.15, -0.1) is 0 Å². The largest absolute Gasteiger partial charge is 1.00 e. The molecular formula is C12H27ClN2O. The Hall–Kier alpha value is -0.540. The number of carbonyl (C=O) groups excluding carboxylic acids is 1. The maximum atomic E-state index is 9.82. The molecule has 98 valence electrons. The molecule has 0 aromatic carbocycles. The molecule has 0 unspecified atom stereocenters. The summed E-state index contributed by atoms with van der Waals surface area (Å²) in [5, 5.41) is 0. The minimum Gasteiger partial charge on any atom is -1.00 e. The summed E-state index contributed by atoms with van der Waals surface area (Å²) in [5.74, 6) is -0.435. The van der Waals surface area contributed by atoms with E-state index in [0.29, 0.717) is 5.57 Å². The molecule has 0 saturated heterocycles. The highest BCUT2D eigenvalue weighted by Gasteiger charge is 2.16. The number of primary amides is 1. The van der Waals surface area contributed by atoms with Crippen molar-refractivity contribution in [2.75, 3.05) is 26.2 Å². The van der Waals surface area contributed by atoms with Crippen LogP contribution in [0, 0.1) is 0 Å². The Morgan fingerprint density at radius 2 is 1.25 bits per heavy atom. The Morgan fingerprint density at radius 3 is 1.25 bits per heavy atom. The van der Waals surface area contributed by atoms with Crippen molar-refractivity contribution < 1.29 is 21.7 Å². The fourth-order valence-electron chi connectivity index (χ4n) is 1.34. The topological polar surface area (TPSA) is 43.1 Å². The maximum Gasteiger partial charge on any atom is 0.243 e. The van der Waals surface area contributed by atoms with Crippen LogP contribution in [0.5, 0.6) is 0 Å². The summed E-state index contributed by atoms with van der Waals surface area (Å²) < 4.78 is 1.28. The minimum absolute atomic E-state index is 0. The van der Waals surface area contributed by atoms with Gasteiger partial charge in [-0.1, -0.05) is 6.58 Å². The molecular weight excluding hydrogens is 224 g/mol. The van der Waals surface area contributed by atoms with Crippen LogP contribution in [0.1, 0.15) is 34.6 Å². The number of quaternary nitrogens is 1. The average molecular weight is 251 g/mol. The van der Waals surface area contributed by atoms with Gasteiger partial charge in [-0.25, -0.2) is 0 Å². The van der Waals surface area contributed by atoms with Crippen LogP contribution in [-0.2, 0) is 4.79 Å². The van der Waals surface area contributed by atoms with E-state index in [1.807, 2.05) is 0 Å². The van der Waals surface area contributed by atoms with E-state index in [-0.39, 0.29) is 12.4 Å². The van der Waals surface area contributed by atoms with Crippen LogP contribution in [0.4, 0.5) is 0 Å². The highest BCUT2D eigenvalue weighted by molar-refractivity contribution is 5.90. The molecule has 3 nitrogen and oxygen atoms in total. The minimum atomic E-state index is -0.435. The Bertz CT molecular complexity index is 172. The van der Waals surface area contributed by atoms with Crippen molar-refractivity contribution in [1.29, 1.82) is 0 Å². The number of hydrogen-bond acceptors (Lipinski definition) is 1. The molecule has 0 aromatic heterocycles. The standard InChI is InChI=1S/C8H20N.C4H7NO.ClH/c1-5-9(6-2,7-3)8-4;1-3(2)4(5)6;/h5-8H2,1-4H3;1H2,2H3,(H2,5,6);1H/q+1;;/p-1. The van der Waals surface area contributed by atoms with Gasteiger partial charge in [0.05, 0.1) is 26.2 Å². The normalized spacial score (nSPS) is 9.56. The smallest absolute Gasteiger partial charge is 0.243 e. The van der Waals surface area contributed by atoms with Gasteiger partial charge in [0.2, 0.25) is 5.91 Å². The Kier molecular flexibility index (Phi) is 14.3. The molecule has 0 aliphatic heterocycles. The lowest BCUT2D eigenvalue weighted by Gasteiger charge is -2.34. The third-order valence-corrected chi connectivity index (χ3v) is 3.10. The number of halogens is 1. The first-order valence-electron chi connectivity index (χ1n) is 5.69. The molecule has 0 fully saturated rings. The Morgan fingerprint density at radius 1 is 1.06 bits per heavy atom. The average Bonchev–Trinajstić information content (AvgIpc) is 2.23. The van der Waals surface area contributed by atoms with Crippen molar-refractivity contribution in [2.45, 2.75) is 34.6 Å². The van der Waals surface area contributed by atoms with Gasteiger partial charge in [0.15, 0.2) is 0 Å². The molecule has 0 heterocycles. The summed E-state index contributed by atoms with van der Waals surface area (Å²) in [5.41, 5.74) is 5.09. The molecule has 2 N–H and O–H groups in total. The van der Waals surface area contributed by atoms with Gasteiger partial charge in [-0.05, 0) is 34.6 Å². The van der Waals surface area contributed by atoms with Gasteiger partial charge < -0.3 is 22.6 Å². The van der Waals surface area contributed by atoms with Crippen molar-refractivity contribution in [3.05, 3.63) is 12.2 Å². The zero-order valence-corrected chi connectivity index (χ0v) is 12.1. The highest BCUT2D eigenvalue weighted by atomic mass is 35.5. The SMILES string of the molecule is C=C(C)C(N)=O.CC[N+](CC)(CC)CC.[Cl-]. The summed E-state index contributed by atoms with van der Waals surface area (Å²) in [6.07, 6.45) is 0. The lowest BCUT2D eigenvalue weighted by atomic mass is 10.3. The number of nitrogens with zero attached hydrogens (tertiary/aromatic N) is 1. The van der Waals surface area contributed by atoms with E-state index < -0.39 is 5.91 Å². The number of rotatable bonds is 5. The van der Waals surface area contributed by atoms with Crippen LogP contribution >= 0.6 is 0 Å². The molecule has 16 heavy (non-hydrogen) atoms. The van der Waals surface area contributed by atoms with Gasteiger partial charge in [-0.3, -0.25) is 4.79 Å². The van der Waals surface area contributed by atoms with Crippen LogP contribution in [0.3, 0.4) is 0 Å². The maximum absolute atomic E-state index is 9.82. The second kappa shape index (κ2) is 11.0. The molecule has 0 aliphatic carbocycles. The van der Waals surface area contributed by atoms with E-state index in [9.17, 15) is 4.79 Å². The molecule has 0 saturated carbocycles. The zero-order chi connectivity index (χ0) is 12.5. The second-order valence-electron chi connectivity index (χ2n) is 3.75. The van der Waals surface area contributed by atoms with E-state index in [1.165, 1.54) is 30.7 Å². The molecule has 0 aromatic rings. The first kappa shape index (κ1) is 20.8. The van der Waals surface area contributed by atoms with Crippen LogP contribution in [0.25, 0.3) is 0 Å². The third-order valence-electron chi connectivity index (χ3n) is 3.10. The van der Waals surface area contributed by atoms with E-state index in [4.69, 9.17) is 5.73 Å². The van der Waals surface area contributed by atoms with Crippen LogP contribution < -0.4 is 18.1 Å². The van der Waals surface area contributed by atoms with E-state index in [0.717, 1.165) is 0 Å². The molecule has 0 spiro atoms. The summed E-state index contributed by atoms with van der Waals surface area (Å²) >= 11 is 0. The predicted molar refractivity (Wildman–Crippen MR) is 66.4 cm³/mol. The second-order valence-corrected chi connectivity index (χ2v) is 3.75. The third kappa shape index (κ3) is 8.74. The highest BCUT2D eigenvalue weighted by Crippen LogP contribution is 2.03. The summed E-state index contributed by atoms with van der Waals surface area (Å²) in [6, 6.07) is 0. The number of hydrogen-bond donors (Lipinski definition) is 1. The van der Waals surface area contributed by atoms with Crippen molar-refractivity contribution in [3.8, 4) is 0 Å². The molecule has 0 atom stereocenters. The fourth-order valence-corrected chi connectivity index (χ4v) is 1.34. The van der Waals surface area contributed by atoms with Crippen molar-refractivity contribution in [3.63, 3.8) is 0 Å². The molecule has 0 aliphatic rings. The van der Waals surface area contributed by atoms with Crippen LogP contribution in [0.15, 0.2) is 12.2 Å². The van der Waals surface area contributed by atoms with E-state index in [2.05, 4.69) is 34.3 Å². The number of carbonyl (C=O) groups is 1. The summed E-state index contributed by atoms with van der Waals surface area (Å²) in [4.78, 5) is 9.82. The quantitative estimate of drug-likeness (QED) is 0.491. The fraction of sp³-hybridized carbons (Fsp3) is 0.750. The van der Waals surface area contributed by atoms with Crippen LogP contribution in [0.2, 0.25) is 0 Å². The van der Waals surface area contributed by atoms with E-state index in [1.54, 1.807) is 6.92 Å². The van der Waals surface area contributed by atoms with Crippen molar-refractivity contribution in [1.82, 2.24) is 0 Å². The van der Waals surface area contributed by atoms with E-state index >= 15 is 0 Å². The first-order valence-corrected chi connectivity index (χ1v) is 5.69. The Labute approximate surface area is 107 Å². The van der Waals surface area contributed by atoms with Crippen LogP contribution in [-0.4, -0.2) is 36.6 Å². The number of nitrogens with two attached hydrogens (primary N) is 1. The lowest BCUT2D eigenvalue weighted by Crippen LogP contribution is -3.00. The summed E-state index contributed by atoms with van der Waals surface area (Å²) in [7, 11) is 0. The molecule has 0 bridgehead atoms. The number of amides is 1. The monoisotopic (exact) mass is 250 g/mol. The van der Waals surface area contributed by atoms with Gasteiger partial charge in [0.25, 0.3) is 0 Å². The lowest BCUT2D eigenvalue weighted by molar-refractivity contribution is -0.921. The van der Waals surface area contributed by atoms with Gasteiger partial charge >= 0.3 is 0 Å². The van der Waals surface area contributed by atoms with Gasteiger partial charge in [-0.2, -0.15) is 0 Å². The molecule has 0 radical (unpaired) electrons. The predicted octanol–water partition coefficient (Wildman–Crippen LogP) is -1.07. The van der Waals surface area contributed by atoms with Crippen molar-refractivity contribution >= 4 is 5.91 Å². The zero-order valence-electron chi connectivity index (χ0n) is 11.3. The molecule has 0 rings (SSSR count).